The third kappa shape index (κ3) is 2.85. The maximum atomic E-state index is 10.9. The van der Waals surface area contributed by atoms with Gasteiger partial charge in [0.1, 0.15) is 11.9 Å². The zero-order valence-corrected chi connectivity index (χ0v) is 13.7. The molecule has 0 radical (unpaired) electrons. The van der Waals surface area contributed by atoms with Crippen molar-refractivity contribution in [3.05, 3.63) is 53.9 Å². The molecule has 2 aromatic heterocycles. The Morgan fingerprint density at radius 3 is 2.62 bits per heavy atom. The van der Waals surface area contributed by atoms with Crippen LogP contribution in [0.4, 0.5) is 0 Å². The van der Waals surface area contributed by atoms with E-state index in [1.807, 2.05) is 36.5 Å². The molecule has 0 saturated carbocycles. The average molecular weight is 319 g/mol. The number of H-pyrrole nitrogens is 1. The highest BCUT2D eigenvalue weighted by Crippen LogP contribution is 2.32. The molecule has 4 heteroatoms. The quantitative estimate of drug-likeness (QED) is 0.739. The Balaban J connectivity index is 1.78. The van der Waals surface area contributed by atoms with Crippen LogP contribution in [0.3, 0.4) is 0 Å². The zero-order chi connectivity index (χ0) is 16.4. The molecule has 1 fully saturated rings. The molecule has 122 valence electrons. The predicted octanol–water partition coefficient (Wildman–Crippen LogP) is 4.03. The van der Waals surface area contributed by atoms with Crippen LogP contribution in [0.2, 0.25) is 0 Å². The van der Waals surface area contributed by atoms with Gasteiger partial charge in [-0.15, -0.1) is 0 Å². The number of rotatable bonds is 4. The van der Waals surface area contributed by atoms with E-state index < -0.39 is 0 Å². The van der Waals surface area contributed by atoms with Gasteiger partial charge in [-0.05, 0) is 43.6 Å². The van der Waals surface area contributed by atoms with Crippen molar-refractivity contribution in [1.29, 1.82) is 0 Å². The molecular formula is C20H21N3O. The van der Waals surface area contributed by atoms with Crippen LogP contribution in [0.1, 0.15) is 35.3 Å². The van der Waals surface area contributed by atoms with Crippen molar-refractivity contribution in [2.75, 3.05) is 13.1 Å². The van der Waals surface area contributed by atoms with Crippen molar-refractivity contribution >= 4 is 17.3 Å². The largest absolute Gasteiger partial charge is 0.341 e. The van der Waals surface area contributed by atoms with Crippen molar-refractivity contribution in [3.63, 3.8) is 0 Å². The van der Waals surface area contributed by atoms with Crippen molar-refractivity contribution in [2.45, 2.75) is 25.8 Å². The molecule has 4 rings (SSSR count). The summed E-state index contributed by atoms with van der Waals surface area (Å²) in [5.41, 5.74) is 5.19. The van der Waals surface area contributed by atoms with Gasteiger partial charge in [0.05, 0.1) is 0 Å². The number of nitrogens with zero attached hydrogens (tertiary/aromatic N) is 2. The topological polar surface area (TPSA) is 49.0 Å². The van der Waals surface area contributed by atoms with E-state index in [-0.39, 0.29) is 0 Å². The monoisotopic (exact) mass is 319 g/mol. The van der Waals surface area contributed by atoms with Crippen LogP contribution in [0.15, 0.2) is 42.6 Å². The van der Waals surface area contributed by atoms with Gasteiger partial charge in [0.2, 0.25) is 0 Å². The number of likely N-dealkylation sites (tertiary alicyclic amines) is 1. The fourth-order valence-electron chi connectivity index (χ4n) is 3.59. The lowest BCUT2D eigenvalue weighted by Gasteiger charge is -2.26. The second-order valence-electron chi connectivity index (χ2n) is 6.45. The maximum absolute atomic E-state index is 10.9. The number of aromatic nitrogens is 2. The van der Waals surface area contributed by atoms with Crippen LogP contribution >= 0.6 is 0 Å². The third-order valence-corrected chi connectivity index (χ3v) is 4.81. The lowest BCUT2D eigenvalue weighted by atomic mass is 10.0. The number of benzene rings is 1. The first kappa shape index (κ1) is 15.1. The van der Waals surface area contributed by atoms with Crippen LogP contribution in [0.5, 0.6) is 0 Å². The van der Waals surface area contributed by atoms with Gasteiger partial charge in [-0.2, -0.15) is 0 Å². The molecular weight excluding hydrogens is 298 g/mol. The Labute approximate surface area is 141 Å². The van der Waals surface area contributed by atoms with Gasteiger partial charge in [-0.1, -0.05) is 30.7 Å². The molecule has 24 heavy (non-hydrogen) atoms. The molecule has 0 unspecified atom stereocenters. The molecule has 1 N–H and O–H groups in total. The van der Waals surface area contributed by atoms with Crippen molar-refractivity contribution in [1.82, 2.24) is 14.9 Å². The molecule has 0 spiro atoms. The van der Waals surface area contributed by atoms with Crippen LogP contribution in [0.25, 0.3) is 22.2 Å². The summed E-state index contributed by atoms with van der Waals surface area (Å²) in [6.07, 6.45) is 6.60. The standard InChI is InChI=1S/C20H21N3O/c24-14-15-6-8-16(9-7-15)19-17-5-4-10-21-20(17)22-18(19)13-23-11-2-1-3-12-23/h4-10,14H,1-3,11-13H2,(H,21,22). The first-order valence-electron chi connectivity index (χ1n) is 8.59. The van der Waals surface area contributed by atoms with Crippen LogP contribution in [-0.4, -0.2) is 34.2 Å². The van der Waals surface area contributed by atoms with E-state index in [2.05, 4.69) is 20.9 Å². The van der Waals surface area contributed by atoms with Crippen molar-refractivity contribution < 1.29 is 4.79 Å². The summed E-state index contributed by atoms with van der Waals surface area (Å²) in [5.74, 6) is 0. The molecule has 3 heterocycles. The molecule has 3 aromatic rings. The Hall–Kier alpha value is -2.46. The van der Waals surface area contributed by atoms with Gasteiger partial charge in [0.25, 0.3) is 0 Å². The van der Waals surface area contributed by atoms with Gasteiger partial charge >= 0.3 is 0 Å². The molecule has 1 aromatic carbocycles. The Bertz CT molecular complexity index is 845. The molecule has 1 aliphatic heterocycles. The Kier molecular flexibility index (Phi) is 4.13. The number of carbonyl (C=O) groups is 1. The molecule has 0 bridgehead atoms. The molecule has 0 amide bonds. The highest BCUT2D eigenvalue weighted by Gasteiger charge is 2.18. The van der Waals surface area contributed by atoms with Crippen molar-refractivity contribution in [3.8, 4) is 11.1 Å². The fraction of sp³-hybridized carbons (Fsp3) is 0.300. The summed E-state index contributed by atoms with van der Waals surface area (Å²) in [6, 6.07) is 11.9. The summed E-state index contributed by atoms with van der Waals surface area (Å²) in [5, 5.41) is 1.14. The molecule has 4 nitrogen and oxygen atoms in total. The van der Waals surface area contributed by atoms with E-state index in [4.69, 9.17) is 0 Å². The van der Waals surface area contributed by atoms with Gasteiger partial charge < -0.3 is 4.98 Å². The minimum atomic E-state index is 0.703. The SMILES string of the molecule is O=Cc1ccc(-c2c(CN3CCCCC3)[nH]c3ncccc23)cc1. The molecule has 1 aliphatic rings. The summed E-state index contributed by atoms with van der Waals surface area (Å²) >= 11 is 0. The maximum Gasteiger partial charge on any atom is 0.150 e. The van der Waals surface area contributed by atoms with Crippen LogP contribution in [-0.2, 0) is 6.54 Å². The second-order valence-corrected chi connectivity index (χ2v) is 6.45. The van der Waals surface area contributed by atoms with Gasteiger partial charge in [0, 0.05) is 34.9 Å². The van der Waals surface area contributed by atoms with Crippen molar-refractivity contribution in [2.24, 2.45) is 0 Å². The number of pyridine rings is 1. The van der Waals surface area contributed by atoms with E-state index in [9.17, 15) is 4.79 Å². The number of aromatic amines is 1. The van der Waals surface area contributed by atoms with E-state index in [0.717, 1.165) is 42.5 Å². The lowest BCUT2D eigenvalue weighted by molar-refractivity contribution is 0.112. The van der Waals surface area contributed by atoms with Gasteiger partial charge in [-0.25, -0.2) is 4.98 Å². The van der Waals surface area contributed by atoms with Crippen LogP contribution < -0.4 is 0 Å². The Morgan fingerprint density at radius 2 is 1.88 bits per heavy atom. The smallest absolute Gasteiger partial charge is 0.150 e. The van der Waals surface area contributed by atoms with E-state index in [1.165, 1.54) is 30.5 Å². The number of piperidine rings is 1. The molecule has 1 saturated heterocycles. The number of hydrogen-bond donors (Lipinski definition) is 1. The summed E-state index contributed by atoms with van der Waals surface area (Å²) in [4.78, 5) is 21.4. The number of carbonyl (C=O) groups excluding carboxylic acids is 1. The van der Waals surface area contributed by atoms with E-state index in [0.29, 0.717) is 5.56 Å². The minimum absolute atomic E-state index is 0.703. The average Bonchev–Trinajstić information content (AvgIpc) is 3.00. The first-order valence-corrected chi connectivity index (χ1v) is 8.59. The normalized spacial score (nSPS) is 15.7. The molecule has 0 atom stereocenters. The number of aldehydes is 1. The predicted molar refractivity (Wildman–Crippen MR) is 96.0 cm³/mol. The van der Waals surface area contributed by atoms with E-state index in [1.54, 1.807) is 0 Å². The number of fused-ring (bicyclic) bond motifs is 1. The number of hydrogen-bond acceptors (Lipinski definition) is 3. The minimum Gasteiger partial charge on any atom is -0.341 e. The molecule has 0 aliphatic carbocycles. The summed E-state index contributed by atoms with van der Waals surface area (Å²) in [7, 11) is 0. The second kappa shape index (κ2) is 6.57. The third-order valence-electron chi connectivity index (χ3n) is 4.81. The zero-order valence-electron chi connectivity index (χ0n) is 13.7. The number of nitrogens with one attached hydrogen (secondary N) is 1. The highest BCUT2D eigenvalue weighted by molar-refractivity contribution is 5.96. The Morgan fingerprint density at radius 1 is 1.08 bits per heavy atom. The van der Waals surface area contributed by atoms with E-state index >= 15 is 0 Å². The first-order chi connectivity index (χ1) is 11.8. The van der Waals surface area contributed by atoms with Gasteiger partial charge in [-0.3, -0.25) is 9.69 Å². The summed E-state index contributed by atoms with van der Waals surface area (Å²) < 4.78 is 0. The summed E-state index contributed by atoms with van der Waals surface area (Å²) in [6.45, 7) is 3.24. The van der Waals surface area contributed by atoms with Gasteiger partial charge in [0.15, 0.2) is 0 Å². The lowest BCUT2D eigenvalue weighted by Crippen LogP contribution is -2.29. The van der Waals surface area contributed by atoms with Crippen LogP contribution in [0, 0.1) is 0 Å². The highest BCUT2D eigenvalue weighted by atomic mass is 16.1. The fourth-order valence-corrected chi connectivity index (χ4v) is 3.59.